The lowest BCUT2D eigenvalue weighted by Gasteiger charge is -2.11. The van der Waals surface area contributed by atoms with Gasteiger partial charge in [0.25, 0.3) is 0 Å². The van der Waals surface area contributed by atoms with Crippen LogP contribution < -0.4 is 19.5 Å². The highest BCUT2D eigenvalue weighted by atomic mass is 35.5. The third-order valence-corrected chi connectivity index (χ3v) is 5.44. The second-order valence-electron chi connectivity index (χ2n) is 7.99. The molecule has 1 N–H and O–H groups in total. The number of aromatic nitrogens is 2. The summed E-state index contributed by atoms with van der Waals surface area (Å²) in [6, 6.07) is 20.6. The van der Waals surface area contributed by atoms with Gasteiger partial charge in [0.1, 0.15) is 23.9 Å². The van der Waals surface area contributed by atoms with E-state index in [0.29, 0.717) is 23.1 Å². The SMILES string of the molecule is COc1ccc(/C=C/C(=O)Nc2cnn(COc3cccc(Cl)c3)c2)cc1COc1ccc(C)cc1. The molecule has 7 nitrogen and oxygen atoms in total. The number of carbonyl (C=O) groups excluding carboxylic acids is 1. The lowest BCUT2D eigenvalue weighted by Crippen LogP contribution is -2.08. The Morgan fingerprint density at radius 1 is 1.06 bits per heavy atom. The molecule has 1 amide bonds. The summed E-state index contributed by atoms with van der Waals surface area (Å²) in [5, 5.41) is 7.58. The van der Waals surface area contributed by atoms with Crippen molar-refractivity contribution in [2.24, 2.45) is 0 Å². The van der Waals surface area contributed by atoms with Gasteiger partial charge in [0.05, 0.1) is 25.2 Å². The molecule has 3 aromatic carbocycles. The van der Waals surface area contributed by atoms with E-state index in [-0.39, 0.29) is 12.6 Å². The fourth-order valence-corrected chi connectivity index (χ4v) is 3.54. The number of nitrogens with one attached hydrogen (secondary N) is 1. The minimum atomic E-state index is -0.279. The maximum Gasteiger partial charge on any atom is 0.248 e. The fourth-order valence-electron chi connectivity index (χ4n) is 3.36. The number of benzene rings is 3. The molecule has 0 aliphatic rings. The van der Waals surface area contributed by atoms with Crippen molar-refractivity contribution in [3.05, 3.63) is 107 Å². The number of rotatable bonds is 10. The van der Waals surface area contributed by atoms with Crippen LogP contribution in [0.15, 0.2) is 85.2 Å². The number of methoxy groups -OCH3 is 1. The Balaban J connectivity index is 1.33. The molecule has 0 atom stereocenters. The predicted octanol–water partition coefficient (Wildman–Crippen LogP) is 6.12. The quantitative estimate of drug-likeness (QED) is 0.264. The number of hydrogen-bond donors (Lipinski definition) is 1. The first-order valence-electron chi connectivity index (χ1n) is 11.2. The summed E-state index contributed by atoms with van der Waals surface area (Å²) in [5.41, 5.74) is 3.45. The van der Waals surface area contributed by atoms with E-state index in [0.717, 1.165) is 22.6 Å². The molecule has 4 aromatic rings. The largest absolute Gasteiger partial charge is 0.496 e. The Bertz CT molecular complexity index is 1350. The van der Waals surface area contributed by atoms with Crippen molar-refractivity contribution in [3.8, 4) is 17.2 Å². The van der Waals surface area contributed by atoms with E-state index in [1.165, 1.54) is 11.6 Å². The van der Waals surface area contributed by atoms with Gasteiger partial charge in [0.2, 0.25) is 5.91 Å². The van der Waals surface area contributed by atoms with Crippen molar-refractivity contribution in [2.45, 2.75) is 20.3 Å². The van der Waals surface area contributed by atoms with Gasteiger partial charge in [-0.05, 0) is 61.0 Å². The van der Waals surface area contributed by atoms with Crippen LogP contribution in [-0.4, -0.2) is 22.8 Å². The maximum atomic E-state index is 12.4. The van der Waals surface area contributed by atoms with Gasteiger partial charge in [-0.2, -0.15) is 5.10 Å². The summed E-state index contributed by atoms with van der Waals surface area (Å²) in [6.07, 6.45) is 6.44. The van der Waals surface area contributed by atoms with Gasteiger partial charge in [0, 0.05) is 16.7 Å². The average molecular weight is 504 g/mol. The normalized spacial score (nSPS) is 10.9. The summed E-state index contributed by atoms with van der Waals surface area (Å²) in [7, 11) is 1.62. The second kappa shape index (κ2) is 12.0. The lowest BCUT2D eigenvalue weighted by atomic mass is 10.1. The Kier molecular flexibility index (Phi) is 8.26. The second-order valence-corrected chi connectivity index (χ2v) is 8.43. The van der Waals surface area contributed by atoms with Crippen LogP contribution in [0.5, 0.6) is 17.2 Å². The molecule has 0 fully saturated rings. The van der Waals surface area contributed by atoms with E-state index in [1.807, 2.05) is 61.5 Å². The number of aryl methyl sites for hydroxylation is 1. The summed E-state index contributed by atoms with van der Waals surface area (Å²) in [4.78, 5) is 12.4. The minimum Gasteiger partial charge on any atom is -0.496 e. The van der Waals surface area contributed by atoms with Crippen molar-refractivity contribution in [1.82, 2.24) is 9.78 Å². The lowest BCUT2D eigenvalue weighted by molar-refractivity contribution is -0.111. The van der Waals surface area contributed by atoms with E-state index in [4.69, 9.17) is 25.8 Å². The van der Waals surface area contributed by atoms with Crippen LogP contribution in [0.1, 0.15) is 16.7 Å². The molecule has 0 spiro atoms. The number of carbonyl (C=O) groups is 1. The van der Waals surface area contributed by atoms with Crippen LogP contribution in [0, 0.1) is 6.92 Å². The number of ether oxygens (including phenoxy) is 3. The van der Waals surface area contributed by atoms with Crippen molar-refractivity contribution >= 4 is 29.3 Å². The molecule has 0 bridgehead atoms. The van der Waals surface area contributed by atoms with Gasteiger partial charge in [-0.3, -0.25) is 4.79 Å². The molecular weight excluding hydrogens is 478 g/mol. The van der Waals surface area contributed by atoms with Crippen LogP contribution >= 0.6 is 11.6 Å². The van der Waals surface area contributed by atoms with Gasteiger partial charge in [-0.25, -0.2) is 4.68 Å². The Labute approximate surface area is 214 Å². The number of halogens is 1. The van der Waals surface area contributed by atoms with Crippen LogP contribution in [0.3, 0.4) is 0 Å². The minimum absolute atomic E-state index is 0.186. The zero-order chi connectivity index (χ0) is 25.3. The first-order valence-corrected chi connectivity index (χ1v) is 11.6. The maximum absolute atomic E-state index is 12.4. The molecule has 0 aliphatic heterocycles. The van der Waals surface area contributed by atoms with E-state index in [2.05, 4.69) is 10.4 Å². The highest BCUT2D eigenvalue weighted by molar-refractivity contribution is 6.30. The molecule has 0 unspecified atom stereocenters. The van der Waals surface area contributed by atoms with E-state index in [9.17, 15) is 4.79 Å². The van der Waals surface area contributed by atoms with E-state index >= 15 is 0 Å². The van der Waals surface area contributed by atoms with Crippen molar-refractivity contribution < 1.29 is 19.0 Å². The number of nitrogens with zero attached hydrogens (tertiary/aromatic N) is 2. The molecule has 1 heterocycles. The monoisotopic (exact) mass is 503 g/mol. The molecule has 1 aromatic heterocycles. The summed E-state index contributed by atoms with van der Waals surface area (Å²) in [6.45, 7) is 2.56. The first kappa shape index (κ1) is 24.9. The highest BCUT2D eigenvalue weighted by Gasteiger charge is 2.07. The first-order chi connectivity index (χ1) is 17.5. The predicted molar refractivity (Wildman–Crippen MR) is 140 cm³/mol. The molecule has 8 heteroatoms. The fraction of sp³-hybridized carbons (Fsp3) is 0.143. The van der Waals surface area contributed by atoms with Crippen LogP contribution in [0.4, 0.5) is 5.69 Å². The number of hydrogen-bond acceptors (Lipinski definition) is 5. The van der Waals surface area contributed by atoms with Crippen molar-refractivity contribution in [2.75, 3.05) is 12.4 Å². The molecule has 0 radical (unpaired) electrons. The Morgan fingerprint density at radius 3 is 2.67 bits per heavy atom. The summed E-state index contributed by atoms with van der Waals surface area (Å²) in [5.74, 6) is 1.85. The van der Waals surface area contributed by atoms with Crippen LogP contribution in [0.25, 0.3) is 6.08 Å². The topological polar surface area (TPSA) is 74.6 Å². The molecule has 36 heavy (non-hydrogen) atoms. The molecular formula is C28H26ClN3O4. The van der Waals surface area contributed by atoms with Gasteiger partial charge >= 0.3 is 0 Å². The highest BCUT2D eigenvalue weighted by Crippen LogP contribution is 2.23. The van der Waals surface area contributed by atoms with Gasteiger partial charge in [-0.1, -0.05) is 41.4 Å². The number of amides is 1. The molecule has 184 valence electrons. The standard InChI is InChI=1S/C28H26ClN3O4/c1-20-6-10-25(11-7-20)35-18-22-14-21(8-12-27(22)34-2)9-13-28(33)31-24-16-30-32(17-24)19-36-26-5-3-4-23(29)15-26/h3-17H,18-19H2,1-2H3,(H,31,33)/b13-9+. The molecule has 0 saturated carbocycles. The zero-order valence-electron chi connectivity index (χ0n) is 20.0. The van der Waals surface area contributed by atoms with Gasteiger partial charge < -0.3 is 19.5 Å². The van der Waals surface area contributed by atoms with Crippen LogP contribution in [0.2, 0.25) is 5.02 Å². The van der Waals surface area contributed by atoms with Crippen molar-refractivity contribution in [1.29, 1.82) is 0 Å². The molecule has 4 rings (SSSR count). The van der Waals surface area contributed by atoms with E-state index in [1.54, 1.807) is 42.4 Å². The summed E-state index contributed by atoms with van der Waals surface area (Å²) >= 11 is 5.96. The summed E-state index contributed by atoms with van der Waals surface area (Å²) < 4.78 is 18.6. The van der Waals surface area contributed by atoms with Crippen molar-refractivity contribution in [3.63, 3.8) is 0 Å². The average Bonchev–Trinajstić information content (AvgIpc) is 3.33. The van der Waals surface area contributed by atoms with E-state index < -0.39 is 0 Å². The number of anilines is 1. The van der Waals surface area contributed by atoms with Gasteiger partial charge in [0.15, 0.2) is 6.73 Å². The van der Waals surface area contributed by atoms with Crippen LogP contribution in [-0.2, 0) is 18.1 Å². The smallest absolute Gasteiger partial charge is 0.248 e. The Hall–Kier alpha value is -4.23. The third-order valence-electron chi connectivity index (χ3n) is 5.21. The zero-order valence-corrected chi connectivity index (χ0v) is 20.7. The van der Waals surface area contributed by atoms with Gasteiger partial charge in [-0.15, -0.1) is 0 Å². The molecule has 0 aliphatic carbocycles. The Morgan fingerprint density at radius 2 is 1.89 bits per heavy atom. The molecule has 0 saturated heterocycles. The third kappa shape index (κ3) is 7.13.